The molecule has 2 aliphatic heterocycles. The lowest BCUT2D eigenvalue weighted by molar-refractivity contribution is 0.00281. The molecule has 32 heavy (non-hydrogen) atoms. The number of benzene rings is 1. The third kappa shape index (κ3) is 4.32. The molecule has 0 spiro atoms. The smallest absolute Gasteiger partial charge is 0.407 e. The molecule has 3 heterocycles. The highest BCUT2D eigenvalue weighted by atomic mass is 32.2. The van der Waals surface area contributed by atoms with Crippen LogP contribution in [-0.2, 0) is 24.2 Å². The maximum Gasteiger partial charge on any atom is 0.407 e. The fraction of sp³-hybridized carbons (Fsp3) is 0.545. The number of carbonyl (C=O) groups is 1. The number of para-hydroxylation sites is 1. The van der Waals surface area contributed by atoms with Gasteiger partial charge < -0.3 is 19.5 Å². The Morgan fingerprint density at radius 1 is 1.03 bits per heavy atom. The lowest BCUT2D eigenvalue weighted by atomic mass is 9.96. The largest absolute Gasteiger partial charge is 0.441 e. The van der Waals surface area contributed by atoms with Crippen molar-refractivity contribution in [3.8, 4) is 0 Å². The van der Waals surface area contributed by atoms with Gasteiger partial charge in [-0.3, -0.25) is 4.98 Å². The van der Waals surface area contributed by atoms with E-state index in [0.717, 1.165) is 31.1 Å². The summed E-state index contributed by atoms with van der Waals surface area (Å²) < 4.78 is 46.1. The van der Waals surface area contributed by atoms with Crippen molar-refractivity contribution < 1.29 is 27.4 Å². The SMILES string of the molecule is O=C(NC1CCCCC1)OC1COC2C(NS(=O)(=O)c3cccc4cccnc34)COC12. The normalized spacial score (nSPS) is 28.5. The van der Waals surface area contributed by atoms with Gasteiger partial charge in [-0.1, -0.05) is 37.5 Å². The third-order valence-corrected chi connectivity index (χ3v) is 7.91. The molecule has 1 saturated carbocycles. The van der Waals surface area contributed by atoms with E-state index in [1.807, 2.05) is 12.1 Å². The van der Waals surface area contributed by atoms with E-state index >= 15 is 0 Å². The number of nitrogens with zero attached hydrogens (tertiary/aromatic N) is 1. The summed E-state index contributed by atoms with van der Waals surface area (Å²) >= 11 is 0. The highest BCUT2D eigenvalue weighted by Crippen LogP contribution is 2.31. The molecule has 5 rings (SSSR count). The number of rotatable bonds is 5. The van der Waals surface area contributed by atoms with E-state index in [1.165, 1.54) is 12.5 Å². The molecule has 10 heteroatoms. The van der Waals surface area contributed by atoms with Crippen LogP contribution < -0.4 is 10.0 Å². The minimum Gasteiger partial charge on any atom is -0.441 e. The first-order valence-corrected chi connectivity index (χ1v) is 12.6. The molecular formula is C22H27N3O6S. The van der Waals surface area contributed by atoms with Gasteiger partial charge in [0.2, 0.25) is 10.0 Å². The molecule has 9 nitrogen and oxygen atoms in total. The number of aromatic nitrogens is 1. The van der Waals surface area contributed by atoms with Gasteiger partial charge >= 0.3 is 6.09 Å². The number of sulfonamides is 1. The predicted molar refractivity (Wildman–Crippen MR) is 116 cm³/mol. The molecule has 0 radical (unpaired) electrons. The average Bonchev–Trinajstić information content (AvgIpc) is 3.37. The van der Waals surface area contributed by atoms with Crippen molar-refractivity contribution in [3.63, 3.8) is 0 Å². The minimum absolute atomic E-state index is 0.108. The van der Waals surface area contributed by atoms with Crippen LogP contribution in [0.2, 0.25) is 0 Å². The topological polar surface area (TPSA) is 116 Å². The number of pyridine rings is 1. The lowest BCUT2D eigenvalue weighted by Crippen LogP contribution is -2.45. The Hall–Kier alpha value is -2.27. The molecule has 2 aromatic rings. The minimum atomic E-state index is -3.86. The van der Waals surface area contributed by atoms with Gasteiger partial charge in [0.05, 0.1) is 24.8 Å². The van der Waals surface area contributed by atoms with Crippen LogP contribution >= 0.6 is 0 Å². The average molecular weight is 462 g/mol. The molecule has 3 fully saturated rings. The molecule has 4 unspecified atom stereocenters. The van der Waals surface area contributed by atoms with E-state index in [1.54, 1.807) is 18.3 Å². The zero-order valence-electron chi connectivity index (χ0n) is 17.6. The summed E-state index contributed by atoms with van der Waals surface area (Å²) in [5, 5.41) is 3.66. The second-order valence-corrected chi connectivity index (χ2v) is 10.3. The first kappa shape index (κ1) is 21.6. The molecule has 2 N–H and O–H groups in total. The summed E-state index contributed by atoms with van der Waals surface area (Å²) in [5.74, 6) is 0. The number of ether oxygens (including phenoxy) is 3. The summed E-state index contributed by atoms with van der Waals surface area (Å²) in [4.78, 5) is 16.7. The van der Waals surface area contributed by atoms with E-state index in [0.29, 0.717) is 5.52 Å². The van der Waals surface area contributed by atoms with Crippen LogP contribution in [0.5, 0.6) is 0 Å². The van der Waals surface area contributed by atoms with Gasteiger partial charge in [-0.15, -0.1) is 0 Å². The number of alkyl carbamates (subject to hydrolysis) is 1. The summed E-state index contributed by atoms with van der Waals surface area (Å²) in [7, 11) is -3.86. The summed E-state index contributed by atoms with van der Waals surface area (Å²) in [6, 6.07) is 8.17. The number of amides is 1. The standard InChI is InChI=1S/C22H27N3O6S/c26-22(24-15-8-2-1-3-9-15)31-17-13-30-20-16(12-29-21(17)20)25-32(27,28)18-10-4-6-14-7-5-11-23-19(14)18/h4-7,10-11,15-17,20-21,25H,1-3,8-9,12-13H2,(H,24,26). The summed E-state index contributed by atoms with van der Waals surface area (Å²) in [6.45, 7) is 0.304. The maximum absolute atomic E-state index is 13.1. The third-order valence-electron chi connectivity index (χ3n) is 6.39. The van der Waals surface area contributed by atoms with E-state index < -0.39 is 40.5 Å². The van der Waals surface area contributed by atoms with Crippen molar-refractivity contribution in [2.45, 2.75) is 67.4 Å². The number of fused-ring (bicyclic) bond motifs is 2. The van der Waals surface area contributed by atoms with Crippen molar-refractivity contribution in [1.29, 1.82) is 0 Å². The van der Waals surface area contributed by atoms with Gasteiger partial charge in [-0.05, 0) is 25.0 Å². The lowest BCUT2D eigenvalue weighted by Gasteiger charge is -2.24. The molecule has 1 amide bonds. The number of hydrogen-bond acceptors (Lipinski definition) is 7. The van der Waals surface area contributed by atoms with E-state index in [4.69, 9.17) is 14.2 Å². The molecule has 172 valence electrons. The van der Waals surface area contributed by atoms with Crippen LogP contribution in [0.1, 0.15) is 32.1 Å². The Kier molecular flexibility index (Phi) is 6.02. The van der Waals surface area contributed by atoms with E-state index in [-0.39, 0.29) is 24.2 Å². The van der Waals surface area contributed by atoms with Crippen LogP contribution in [0.25, 0.3) is 10.9 Å². The fourth-order valence-corrected chi connectivity index (χ4v) is 6.22. The molecule has 0 bridgehead atoms. The molecule has 2 saturated heterocycles. The van der Waals surface area contributed by atoms with Gasteiger partial charge in [0.15, 0.2) is 6.10 Å². The Labute approximate surface area is 186 Å². The monoisotopic (exact) mass is 461 g/mol. The van der Waals surface area contributed by atoms with E-state index in [9.17, 15) is 13.2 Å². The van der Waals surface area contributed by atoms with Crippen molar-refractivity contribution in [2.75, 3.05) is 13.2 Å². The molecule has 1 aliphatic carbocycles. The van der Waals surface area contributed by atoms with Crippen LogP contribution in [0.3, 0.4) is 0 Å². The van der Waals surface area contributed by atoms with Crippen molar-refractivity contribution in [1.82, 2.24) is 15.0 Å². The predicted octanol–water partition coefficient (Wildman–Crippen LogP) is 2.11. The van der Waals surface area contributed by atoms with Gasteiger partial charge in [0.1, 0.15) is 17.1 Å². The Bertz CT molecular complexity index is 1080. The fourth-order valence-electron chi connectivity index (χ4n) is 4.81. The molecule has 1 aromatic heterocycles. The van der Waals surface area contributed by atoms with Crippen LogP contribution in [-0.4, -0.2) is 63.1 Å². The van der Waals surface area contributed by atoms with Crippen molar-refractivity contribution >= 4 is 27.0 Å². The zero-order valence-corrected chi connectivity index (χ0v) is 18.4. The second kappa shape index (κ2) is 8.93. The van der Waals surface area contributed by atoms with Gasteiger partial charge in [0, 0.05) is 17.6 Å². The van der Waals surface area contributed by atoms with Crippen molar-refractivity contribution in [2.24, 2.45) is 0 Å². The van der Waals surface area contributed by atoms with Crippen molar-refractivity contribution in [3.05, 3.63) is 36.5 Å². The Morgan fingerprint density at radius 3 is 2.66 bits per heavy atom. The molecular weight excluding hydrogens is 434 g/mol. The number of hydrogen-bond donors (Lipinski definition) is 2. The summed E-state index contributed by atoms with van der Waals surface area (Å²) in [5.41, 5.74) is 0.408. The van der Waals surface area contributed by atoms with Gasteiger partial charge in [-0.2, -0.15) is 0 Å². The maximum atomic E-state index is 13.1. The molecule has 1 aromatic carbocycles. The van der Waals surface area contributed by atoms with Gasteiger partial charge in [0.25, 0.3) is 0 Å². The van der Waals surface area contributed by atoms with Crippen LogP contribution in [0.15, 0.2) is 41.4 Å². The quantitative estimate of drug-likeness (QED) is 0.701. The van der Waals surface area contributed by atoms with Gasteiger partial charge in [-0.25, -0.2) is 17.9 Å². The number of carbonyl (C=O) groups excluding carboxylic acids is 1. The first-order chi connectivity index (χ1) is 15.5. The number of nitrogens with one attached hydrogen (secondary N) is 2. The zero-order chi connectivity index (χ0) is 22.1. The first-order valence-electron chi connectivity index (χ1n) is 11.1. The second-order valence-electron chi connectivity index (χ2n) is 8.58. The van der Waals surface area contributed by atoms with Crippen LogP contribution in [0.4, 0.5) is 4.79 Å². The Morgan fingerprint density at radius 2 is 1.81 bits per heavy atom. The van der Waals surface area contributed by atoms with Crippen LogP contribution in [0, 0.1) is 0 Å². The summed E-state index contributed by atoms with van der Waals surface area (Å²) in [6.07, 6.45) is 4.84. The Balaban J connectivity index is 1.23. The molecule has 3 aliphatic rings. The highest BCUT2D eigenvalue weighted by Gasteiger charge is 2.50. The highest BCUT2D eigenvalue weighted by molar-refractivity contribution is 7.89. The van der Waals surface area contributed by atoms with E-state index in [2.05, 4.69) is 15.0 Å². The molecule has 4 atom stereocenters.